The van der Waals surface area contributed by atoms with E-state index in [9.17, 15) is 4.79 Å². The number of ether oxygens (including phenoxy) is 3. The quantitative estimate of drug-likeness (QED) is 0.797. The van der Waals surface area contributed by atoms with Gasteiger partial charge < -0.3 is 25.3 Å². The van der Waals surface area contributed by atoms with Crippen molar-refractivity contribution in [2.75, 3.05) is 27.9 Å². The van der Waals surface area contributed by atoms with E-state index < -0.39 is 0 Å². The van der Waals surface area contributed by atoms with Gasteiger partial charge in [0.05, 0.1) is 21.3 Å². The van der Waals surface area contributed by atoms with Gasteiger partial charge in [0.1, 0.15) is 0 Å². The van der Waals surface area contributed by atoms with Gasteiger partial charge in [-0.2, -0.15) is 0 Å². The van der Waals surface area contributed by atoms with Crippen molar-refractivity contribution in [3.8, 4) is 17.2 Å². The second-order valence-electron chi connectivity index (χ2n) is 4.02. The van der Waals surface area contributed by atoms with E-state index >= 15 is 0 Å². The predicted molar refractivity (Wildman–Crippen MR) is 72.1 cm³/mol. The zero-order chi connectivity index (χ0) is 14.4. The van der Waals surface area contributed by atoms with Crippen molar-refractivity contribution in [3.63, 3.8) is 0 Å². The van der Waals surface area contributed by atoms with Crippen LogP contribution in [-0.4, -0.2) is 39.8 Å². The van der Waals surface area contributed by atoms with Crippen LogP contribution < -0.4 is 25.3 Å². The average Bonchev–Trinajstić information content (AvgIpc) is 2.44. The van der Waals surface area contributed by atoms with Crippen LogP contribution in [0.2, 0.25) is 0 Å². The summed E-state index contributed by atoms with van der Waals surface area (Å²) in [6.45, 7) is 2.20. The van der Waals surface area contributed by atoms with E-state index in [1.807, 2.05) is 6.92 Å². The highest BCUT2D eigenvalue weighted by molar-refractivity contribution is 5.95. The Labute approximate surface area is 112 Å². The third-order valence-corrected chi connectivity index (χ3v) is 2.66. The molecule has 1 aromatic carbocycles. The fourth-order valence-corrected chi connectivity index (χ4v) is 1.58. The zero-order valence-electron chi connectivity index (χ0n) is 11.6. The Morgan fingerprint density at radius 2 is 1.74 bits per heavy atom. The van der Waals surface area contributed by atoms with Crippen molar-refractivity contribution in [1.82, 2.24) is 5.32 Å². The number of amides is 1. The molecule has 0 aliphatic carbocycles. The Kier molecular flexibility index (Phi) is 5.44. The first-order valence-electron chi connectivity index (χ1n) is 5.88. The van der Waals surface area contributed by atoms with Gasteiger partial charge in [0, 0.05) is 18.2 Å². The third-order valence-electron chi connectivity index (χ3n) is 2.66. The van der Waals surface area contributed by atoms with Gasteiger partial charge in [0.25, 0.3) is 5.91 Å². The molecule has 1 aromatic rings. The minimum Gasteiger partial charge on any atom is -0.493 e. The van der Waals surface area contributed by atoms with Crippen LogP contribution in [0.25, 0.3) is 0 Å². The standard InChI is InChI=1S/C13H20N2O4/c1-8(7-14)15-13(16)9-5-10(17-2)12(19-4)11(6-9)18-3/h5-6,8H,7,14H2,1-4H3,(H,15,16). The fraction of sp³-hybridized carbons (Fsp3) is 0.462. The normalized spacial score (nSPS) is 11.6. The molecule has 6 nitrogen and oxygen atoms in total. The number of carbonyl (C=O) groups excluding carboxylic acids is 1. The smallest absolute Gasteiger partial charge is 0.251 e. The molecule has 0 saturated heterocycles. The highest BCUT2D eigenvalue weighted by Gasteiger charge is 2.17. The second-order valence-corrected chi connectivity index (χ2v) is 4.02. The van der Waals surface area contributed by atoms with E-state index in [0.29, 0.717) is 29.4 Å². The molecule has 0 heterocycles. The number of benzene rings is 1. The molecule has 1 atom stereocenters. The van der Waals surface area contributed by atoms with Crippen molar-refractivity contribution in [2.45, 2.75) is 13.0 Å². The molecule has 1 rings (SSSR count). The van der Waals surface area contributed by atoms with Gasteiger partial charge in [-0.1, -0.05) is 0 Å². The van der Waals surface area contributed by atoms with Crippen LogP contribution in [0.15, 0.2) is 12.1 Å². The number of hydrogen-bond acceptors (Lipinski definition) is 5. The van der Waals surface area contributed by atoms with Crippen LogP contribution in [0.4, 0.5) is 0 Å². The van der Waals surface area contributed by atoms with Crippen molar-refractivity contribution in [3.05, 3.63) is 17.7 Å². The largest absolute Gasteiger partial charge is 0.493 e. The first kappa shape index (κ1) is 15.1. The third kappa shape index (κ3) is 3.51. The Morgan fingerprint density at radius 1 is 1.21 bits per heavy atom. The summed E-state index contributed by atoms with van der Waals surface area (Å²) in [6.07, 6.45) is 0. The highest BCUT2D eigenvalue weighted by atomic mass is 16.5. The molecule has 19 heavy (non-hydrogen) atoms. The van der Waals surface area contributed by atoms with E-state index in [4.69, 9.17) is 19.9 Å². The van der Waals surface area contributed by atoms with E-state index in [0.717, 1.165) is 0 Å². The van der Waals surface area contributed by atoms with Gasteiger partial charge in [0.15, 0.2) is 11.5 Å². The molecule has 3 N–H and O–H groups in total. The second kappa shape index (κ2) is 6.84. The monoisotopic (exact) mass is 268 g/mol. The van der Waals surface area contributed by atoms with Crippen LogP contribution in [0.5, 0.6) is 17.2 Å². The van der Waals surface area contributed by atoms with Crippen LogP contribution in [-0.2, 0) is 0 Å². The summed E-state index contributed by atoms with van der Waals surface area (Å²) in [5.74, 6) is 1.09. The SMILES string of the molecule is COc1cc(C(=O)NC(C)CN)cc(OC)c1OC. The Bertz CT molecular complexity index is 423. The lowest BCUT2D eigenvalue weighted by atomic mass is 10.1. The summed E-state index contributed by atoms with van der Waals surface area (Å²) >= 11 is 0. The summed E-state index contributed by atoms with van der Waals surface area (Å²) in [5, 5.41) is 2.77. The summed E-state index contributed by atoms with van der Waals surface area (Å²) in [7, 11) is 4.51. The van der Waals surface area contributed by atoms with Crippen molar-refractivity contribution < 1.29 is 19.0 Å². The van der Waals surface area contributed by atoms with Gasteiger partial charge >= 0.3 is 0 Å². The molecular formula is C13H20N2O4. The minimum absolute atomic E-state index is 0.105. The topological polar surface area (TPSA) is 82.8 Å². The van der Waals surface area contributed by atoms with Crippen molar-refractivity contribution in [1.29, 1.82) is 0 Å². The molecule has 0 bridgehead atoms. The molecule has 106 valence electrons. The minimum atomic E-state index is -0.239. The lowest BCUT2D eigenvalue weighted by molar-refractivity contribution is 0.0940. The number of rotatable bonds is 6. The molecule has 0 radical (unpaired) electrons. The van der Waals surface area contributed by atoms with Crippen LogP contribution >= 0.6 is 0 Å². The maximum Gasteiger partial charge on any atom is 0.251 e. The molecule has 1 amide bonds. The number of methoxy groups -OCH3 is 3. The highest BCUT2D eigenvalue weighted by Crippen LogP contribution is 2.38. The Hall–Kier alpha value is -1.95. The van der Waals surface area contributed by atoms with Crippen LogP contribution in [0.1, 0.15) is 17.3 Å². The molecule has 0 fully saturated rings. The van der Waals surface area contributed by atoms with Crippen molar-refractivity contribution in [2.24, 2.45) is 5.73 Å². The fourth-order valence-electron chi connectivity index (χ4n) is 1.58. The summed E-state index contributed by atoms with van der Waals surface area (Å²) in [4.78, 5) is 12.0. The first-order chi connectivity index (χ1) is 9.07. The summed E-state index contributed by atoms with van der Waals surface area (Å²) in [6, 6.07) is 3.09. The van der Waals surface area contributed by atoms with Crippen molar-refractivity contribution >= 4 is 5.91 Å². The molecule has 0 aliphatic heterocycles. The summed E-state index contributed by atoms with van der Waals surface area (Å²) < 4.78 is 15.6. The number of nitrogens with two attached hydrogens (primary N) is 1. The predicted octanol–water partition coefficient (Wildman–Crippen LogP) is 0.789. The molecular weight excluding hydrogens is 248 g/mol. The maximum atomic E-state index is 12.0. The molecule has 0 aliphatic rings. The molecule has 0 spiro atoms. The number of nitrogens with one attached hydrogen (secondary N) is 1. The number of hydrogen-bond donors (Lipinski definition) is 2. The lowest BCUT2D eigenvalue weighted by Gasteiger charge is -2.15. The van der Waals surface area contributed by atoms with E-state index in [1.54, 1.807) is 12.1 Å². The van der Waals surface area contributed by atoms with Gasteiger partial charge in [-0.15, -0.1) is 0 Å². The zero-order valence-corrected chi connectivity index (χ0v) is 11.6. The maximum absolute atomic E-state index is 12.0. The van der Waals surface area contributed by atoms with Crippen LogP contribution in [0, 0.1) is 0 Å². The van der Waals surface area contributed by atoms with Gasteiger partial charge in [0.2, 0.25) is 5.75 Å². The molecule has 6 heteroatoms. The Balaban J connectivity index is 3.12. The molecule has 1 unspecified atom stereocenters. The Morgan fingerprint density at radius 3 is 2.11 bits per heavy atom. The average molecular weight is 268 g/mol. The van der Waals surface area contributed by atoms with E-state index in [1.165, 1.54) is 21.3 Å². The lowest BCUT2D eigenvalue weighted by Crippen LogP contribution is -2.37. The van der Waals surface area contributed by atoms with Gasteiger partial charge in [-0.25, -0.2) is 0 Å². The van der Waals surface area contributed by atoms with E-state index in [-0.39, 0.29) is 11.9 Å². The van der Waals surface area contributed by atoms with Crippen LogP contribution in [0.3, 0.4) is 0 Å². The summed E-state index contributed by atoms with van der Waals surface area (Å²) in [5.41, 5.74) is 5.90. The first-order valence-corrected chi connectivity index (χ1v) is 5.88. The van der Waals surface area contributed by atoms with E-state index in [2.05, 4.69) is 5.32 Å². The molecule has 0 aromatic heterocycles. The number of carbonyl (C=O) groups is 1. The van der Waals surface area contributed by atoms with Gasteiger partial charge in [-0.3, -0.25) is 4.79 Å². The molecule has 0 saturated carbocycles. The van der Waals surface area contributed by atoms with Gasteiger partial charge in [-0.05, 0) is 19.1 Å².